The summed E-state index contributed by atoms with van der Waals surface area (Å²) in [6, 6.07) is 0.0176. The Kier molecular flexibility index (Phi) is 3.03. The number of likely N-dealkylation sites (tertiary alicyclic amines) is 1. The lowest BCUT2D eigenvalue weighted by atomic mass is 10.1. The Hall–Kier alpha value is -0.170. The first-order chi connectivity index (χ1) is 7.03. The second kappa shape index (κ2) is 4.01. The first-order valence-corrected chi connectivity index (χ1v) is 7.20. The molecule has 2 aliphatic heterocycles. The molecule has 0 aromatic rings. The van der Waals surface area contributed by atoms with E-state index in [-0.39, 0.29) is 23.6 Å². The lowest BCUT2D eigenvalue weighted by Gasteiger charge is -2.30. The summed E-state index contributed by atoms with van der Waals surface area (Å²) in [6.45, 7) is 1.41. The van der Waals surface area contributed by atoms with Gasteiger partial charge in [-0.1, -0.05) is 0 Å². The molecular formula is C9H18N2O3S. The van der Waals surface area contributed by atoms with Gasteiger partial charge >= 0.3 is 0 Å². The predicted molar refractivity (Wildman–Crippen MR) is 57.2 cm³/mol. The van der Waals surface area contributed by atoms with Gasteiger partial charge in [0.2, 0.25) is 0 Å². The lowest BCUT2D eigenvalue weighted by Crippen LogP contribution is -2.48. The molecule has 3 atom stereocenters. The van der Waals surface area contributed by atoms with Crippen molar-refractivity contribution in [2.45, 2.75) is 31.0 Å². The van der Waals surface area contributed by atoms with Gasteiger partial charge in [0.15, 0.2) is 9.84 Å². The van der Waals surface area contributed by atoms with Crippen LogP contribution in [0.15, 0.2) is 0 Å². The van der Waals surface area contributed by atoms with E-state index in [4.69, 9.17) is 5.73 Å². The van der Waals surface area contributed by atoms with E-state index in [9.17, 15) is 13.5 Å². The molecule has 15 heavy (non-hydrogen) atoms. The summed E-state index contributed by atoms with van der Waals surface area (Å²) in [5.41, 5.74) is 5.63. The van der Waals surface area contributed by atoms with Crippen molar-refractivity contribution in [3.63, 3.8) is 0 Å². The number of hydrogen-bond donors (Lipinski definition) is 2. The van der Waals surface area contributed by atoms with Gasteiger partial charge in [-0.25, -0.2) is 8.42 Å². The van der Waals surface area contributed by atoms with Crippen molar-refractivity contribution < 1.29 is 13.5 Å². The SMILES string of the molecule is NCC1CCCN1C1CS(=O)(=O)CC1O. The molecule has 5 nitrogen and oxygen atoms in total. The fraction of sp³-hybridized carbons (Fsp3) is 1.00. The number of hydrogen-bond acceptors (Lipinski definition) is 5. The number of aliphatic hydroxyl groups excluding tert-OH is 1. The predicted octanol–water partition coefficient (Wildman–Crippen LogP) is -1.43. The summed E-state index contributed by atoms with van der Waals surface area (Å²) in [5, 5.41) is 9.74. The highest BCUT2D eigenvalue weighted by atomic mass is 32.2. The van der Waals surface area contributed by atoms with Crippen molar-refractivity contribution >= 4 is 9.84 Å². The molecule has 2 fully saturated rings. The molecule has 2 saturated heterocycles. The van der Waals surface area contributed by atoms with Crippen LogP contribution in [0.3, 0.4) is 0 Å². The number of rotatable bonds is 2. The second-order valence-corrected chi connectivity index (χ2v) is 6.63. The highest BCUT2D eigenvalue weighted by Gasteiger charge is 2.43. The van der Waals surface area contributed by atoms with Crippen LogP contribution in [0.5, 0.6) is 0 Å². The van der Waals surface area contributed by atoms with Crippen molar-refractivity contribution in [1.82, 2.24) is 4.90 Å². The van der Waals surface area contributed by atoms with Crippen LogP contribution in [0.1, 0.15) is 12.8 Å². The molecule has 0 radical (unpaired) electrons. The summed E-state index contributed by atoms with van der Waals surface area (Å²) in [6.07, 6.45) is 1.33. The normalized spacial score (nSPS) is 41.1. The molecule has 0 aromatic carbocycles. The van der Waals surface area contributed by atoms with Gasteiger partial charge in [0.25, 0.3) is 0 Å². The van der Waals surface area contributed by atoms with E-state index in [0.717, 1.165) is 19.4 Å². The highest BCUT2D eigenvalue weighted by molar-refractivity contribution is 7.91. The molecule has 3 unspecified atom stereocenters. The Morgan fingerprint density at radius 1 is 1.40 bits per heavy atom. The van der Waals surface area contributed by atoms with Gasteiger partial charge < -0.3 is 10.8 Å². The van der Waals surface area contributed by atoms with Crippen LogP contribution in [-0.2, 0) is 9.84 Å². The molecule has 88 valence electrons. The van der Waals surface area contributed by atoms with Crippen LogP contribution < -0.4 is 5.73 Å². The number of nitrogens with two attached hydrogens (primary N) is 1. The fourth-order valence-corrected chi connectivity index (χ4v) is 4.49. The minimum absolute atomic E-state index is 0.0880. The zero-order valence-corrected chi connectivity index (χ0v) is 9.49. The van der Waals surface area contributed by atoms with E-state index >= 15 is 0 Å². The maximum atomic E-state index is 11.4. The van der Waals surface area contributed by atoms with E-state index in [1.165, 1.54) is 0 Å². The lowest BCUT2D eigenvalue weighted by molar-refractivity contribution is 0.0770. The molecule has 2 heterocycles. The maximum absolute atomic E-state index is 11.4. The zero-order chi connectivity index (χ0) is 11.1. The molecule has 0 saturated carbocycles. The van der Waals surface area contributed by atoms with E-state index in [1.54, 1.807) is 0 Å². The molecule has 0 amide bonds. The zero-order valence-electron chi connectivity index (χ0n) is 8.67. The molecule has 0 spiro atoms. The van der Waals surface area contributed by atoms with Crippen LogP contribution in [0.25, 0.3) is 0 Å². The van der Waals surface area contributed by atoms with Gasteiger partial charge in [-0.3, -0.25) is 4.90 Å². The second-order valence-electron chi connectivity index (χ2n) is 4.48. The summed E-state index contributed by atoms with van der Waals surface area (Å²) >= 11 is 0. The quantitative estimate of drug-likeness (QED) is 0.612. The third kappa shape index (κ3) is 2.18. The Morgan fingerprint density at radius 3 is 2.67 bits per heavy atom. The molecular weight excluding hydrogens is 216 g/mol. The minimum atomic E-state index is -3.05. The van der Waals surface area contributed by atoms with Gasteiger partial charge in [0, 0.05) is 12.6 Å². The smallest absolute Gasteiger partial charge is 0.154 e. The molecule has 0 aliphatic carbocycles. The van der Waals surface area contributed by atoms with Crippen LogP contribution in [-0.4, -0.2) is 61.2 Å². The summed E-state index contributed by atoms with van der Waals surface area (Å²) in [5.74, 6) is -0.00384. The molecule has 3 N–H and O–H groups in total. The topological polar surface area (TPSA) is 83.6 Å². The molecule has 0 aromatic heterocycles. The first kappa shape index (κ1) is 11.3. The van der Waals surface area contributed by atoms with E-state index < -0.39 is 15.9 Å². The van der Waals surface area contributed by atoms with Gasteiger partial charge in [0.05, 0.1) is 23.7 Å². The van der Waals surface area contributed by atoms with Gasteiger partial charge in [0.1, 0.15) is 0 Å². The molecule has 2 rings (SSSR count). The largest absolute Gasteiger partial charge is 0.390 e. The number of nitrogens with zero attached hydrogens (tertiary/aromatic N) is 1. The van der Waals surface area contributed by atoms with Crippen LogP contribution in [0.4, 0.5) is 0 Å². The minimum Gasteiger partial charge on any atom is -0.390 e. The molecule has 6 heteroatoms. The van der Waals surface area contributed by atoms with E-state index in [0.29, 0.717) is 6.54 Å². The number of sulfone groups is 1. The first-order valence-electron chi connectivity index (χ1n) is 5.38. The Labute approximate surface area is 90.2 Å². The van der Waals surface area contributed by atoms with Crippen LogP contribution >= 0.6 is 0 Å². The molecule has 0 bridgehead atoms. The van der Waals surface area contributed by atoms with Gasteiger partial charge in [-0.2, -0.15) is 0 Å². The third-order valence-corrected chi connectivity index (χ3v) is 5.11. The molecule has 2 aliphatic rings. The highest BCUT2D eigenvalue weighted by Crippen LogP contribution is 2.26. The van der Waals surface area contributed by atoms with Crippen molar-refractivity contribution in [3.05, 3.63) is 0 Å². The standard InChI is InChI=1S/C9H18N2O3S/c10-4-7-2-1-3-11(7)8-5-15(13,14)6-9(8)12/h7-9,12H,1-6,10H2. The average Bonchev–Trinajstić information content (AvgIpc) is 2.69. The van der Waals surface area contributed by atoms with Gasteiger partial charge in [-0.05, 0) is 19.4 Å². The summed E-state index contributed by atoms with van der Waals surface area (Å²) in [7, 11) is -3.05. The van der Waals surface area contributed by atoms with Crippen molar-refractivity contribution in [3.8, 4) is 0 Å². The van der Waals surface area contributed by atoms with E-state index in [2.05, 4.69) is 4.90 Å². The average molecular weight is 234 g/mol. The van der Waals surface area contributed by atoms with Crippen LogP contribution in [0, 0.1) is 0 Å². The Morgan fingerprint density at radius 2 is 2.13 bits per heavy atom. The summed E-state index contributed by atoms with van der Waals surface area (Å²) in [4.78, 5) is 2.08. The van der Waals surface area contributed by atoms with Crippen molar-refractivity contribution in [2.75, 3.05) is 24.6 Å². The van der Waals surface area contributed by atoms with Crippen LogP contribution in [0.2, 0.25) is 0 Å². The third-order valence-electron chi connectivity index (χ3n) is 3.41. The van der Waals surface area contributed by atoms with Crippen molar-refractivity contribution in [1.29, 1.82) is 0 Å². The number of aliphatic hydroxyl groups is 1. The Balaban J connectivity index is 2.11. The van der Waals surface area contributed by atoms with E-state index in [1.807, 2.05) is 0 Å². The maximum Gasteiger partial charge on any atom is 0.154 e. The Bertz CT molecular complexity index is 330. The fourth-order valence-electron chi connectivity index (χ4n) is 2.68. The monoisotopic (exact) mass is 234 g/mol. The summed E-state index contributed by atoms with van der Waals surface area (Å²) < 4.78 is 22.8. The van der Waals surface area contributed by atoms with Gasteiger partial charge in [-0.15, -0.1) is 0 Å². The van der Waals surface area contributed by atoms with Crippen molar-refractivity contribution in [2.24, 2.45) is 5.73 Å².